The first-order chi connectivity index (χ1) is 12.3. The van der Waals surface area contributed by atoms with Gasteiger partial charge in [0, 0.05) is 15.6 Å². The molecule has 2 rings (SSSR count). The summed E-state index contributed by atoms with van der Waals surface area (Å²) >= 11 is 7.57. The van der Waals surface area contributed by atoms with Crippen LogP contribution in [0, 0.1) is 0 Å². The lowest BCUT2D eigenvalue weighted by Crippen LogP contribution is -2.47. The van der Waals surface area contributed by atoms with Gasteiger partial charge in [0.2, 0.25) is 15.9 Å². The van der Waals surface area contributed by atoms with E-state index in [0.29, 0.717) is 22.8 Å². The first-order valence-corrected chi connectivity index (χ1v) is 11.4. The lowest BCUT2D eigenvalue weighted by Gasteiger charge is -2.30. The molecule has 0 radical (unpaired) electrons. The number of rotatable bonds is 7. The molecule has 0 heterocycles. The van der Waals surface area contributed by atoms with Crippen molar-refractivity contribution in [3.8, 4) is 0 Å². The number of sulfonamides is 1. The van der Waals surface area contributed by atoms with Crippen molar-refractivity contribution in [1.29, 1.82) is 0 Å². The summed E-state index contributed by atoms with van der Waals surface area (Å²) in [7, 11) is -3.69. The van der Waals surface area contributed by atoms with Crippen LogP contribution in [0.2, 0.25) is 5.02 Å². The zero-order valence-corrected chi connectivity index (χ0v) is 17.2. The highest BCUT2D eigenvalue weighted by Gasteiger charge is 2.31. The van der Waals surface area contributed by atoms with Crippen LogP contribution in [0.3, 0.4) is 0 Å². The summed E-state index contributed by atoms with van der Waals surface area (Å²) in [6, 6.07) is 13.0. The van der Waals surface area contributed by atoms with Crippen molar-refractivity contribution < 1.29 is 13.2 Å². The zero-order chi connectivity index (χ0) is 19.3. The lowest BCUT2D eigenvalue weighted by atomic mass is 10.2. The molecule has 0 fully saturated rings. The van der Waals surface area contributed by atoms with Crippen LogP contribution in [-0.4, -0.2) is 32.9 Å². The van der Waals surface area contributed by atoms with Gasteiger partial charge in [-0.1, -0.05) is 30.7 Å². The fraction of sp³-hybridized carbons (Fsp3) is 0.278. The zero-order valence-electron chi connectivity index (χ0n) is 14.8. The van der Waals surface area contributed by atoms with Crippen LogP contribution in [0.4, 0.5) is 11.4 Å². The Morgan fingerprint density at radius 3 is 2.50 bits per heavy atom. The number of carbonyl (C=O) groups excluding carboxylic acids is 1. The average Bonchev–Trinajstić information content (AvgIpc) is 2.58. The molecule has 0 unspecified atom stereocenters. The third-order valence-electron chi connectivity index (χ3n) is 3.73. The minimum atomic E-state index is -3.69. The Kier molecular flexibility index (Phi) is 6.97. The predicted molar refractivity (Wildman–Crippen MR) is 110 cm³/mol. The third kappa shape index (κ3) is 5.16. The number of nitrogens with one attached hydrogen (secondary N) is 1. The van der Waals surface area contributed by atoms with Gasteiger partial charge in [0.05, 0.1) is 11.9 Å². The molecule has 0 saturated heterocycles. The topological polar surface area (TPSA) is 66.5 Å². The molecule has 0 aliphatic rings. The fourth-order valence-electron chi connectivity index (χ4n) is 2.60. The summed E-state index contributed by atoms with van der Waals surface area (Å²) < 4.78 is 25.9. The Balaban J connectivity index is 2.36. The summed E-state index contributed by atoms with van der Waals surface area (Å²) in [5.74, 6) is -0.392. The van der Waals surface area contributed by atoms with E-state index in [4.69, 9.17) is 11.6 Å². The number of hydrogen-bond donors (Lipinski definition) is 1. The van der Waals surface area contributed by atoms with Crippen LogP contribution in [0.25, 0.3) is 0 Å². The highest BCUT2D eigenvalue weighted by Crippen LogP contribution is 2.26. The Bertz CT molecular complexity index is 888. The fourth-order valence-corrected chi connectivity index (χ4v) is 4.45. The van der Waals surface area contributed by atoms with Crippen molar-refractivity contribution in [2.45, 2.75) is 24.3 Å². The maximum atomic E-state index is 12.8. The molecular formula is C18H21ClN2O3S2. The number of hydrogen-bond acceptors (Lipinski definition) is 4. The number of benzene rings is 2. The second-order valence-electron chi connectivity index (χ2n) is 5.68. The van der Waals surface area contributed by atoms with E-state index in [1.807, 2.05) is 24.5 Å². The van der Waals surface area contributed by atoms with Gasteiger partial charge in [0.1, 0.15) is 6.04 Å². The quantitative estimate of drug-likeness (QED) is 0.690. The molecule has 0 aliphatic heterocycles. The van der Waals surface area contributed by atoms with Gasteiger partial charge in [-0.25, -0.2) is 8.42 Å². The maximum absolute atomic E-state index is 12.8. The number of nitrogens with zero attached hydrogens (tertiary/aromatic N) is 1. The van der Waals surface area contributed by atoms with Gasteiger partial charge in [0.15, 0.2) is 0 Å². The highest BCUT2D eigenvalue weighted by atomic mass is 35.5. The molecule has 1 atom stereocenters. The molecule has 0 saturated carbocycles. The van der Waals surface area contributed by atoms with E-state index in [9.17, 15) is 13.2 Å². The SMILES string of the molecule is CC[C@H](C(=O)Nc1cccc(SC)c1)N(c1cccc(Cl)c1)S(C)(=O)=O. The molecule has 0 bridgehead atoms. The van der Waals surface area contributed by atoms with Crippen molar-refractivity contribution in [1.82, 2.24) is 0 Å². The van der Waals surface area contributed by atoms with E-state index in [-0.39, 0.29) is 0 Å². The molecule has 140 valence electrons. The number of anilines is 2. The minimum Gasteiger partial charge on any atom is -0.324 e. The molecule has 1 N–H and O–H groups in total. The van der Waals surface area contributed by atoms with E-state index >= 15 is 0 Å². The van der Waals surface area contributed by atoms with Gasteiger partial charge in [0.25, 0.3) is 0 Å². The smallest absolute Gasteiger partial charge is 0.248 e. The van der Waals surface area contributed by atoms with Crippen LogP contribution in [0.15, 0.2) is 53.4 Å². The van der Waals surface area contributed by atoms with Crippen molar-refractivity contribution in [2.75, 3.05) is 22.1 Å². The second kappa shape index (κ2) is 8.79. The summed E-state index contributed by atoms with van der Waals surface area (Å²) in [6.07, 6.45) is 3.34. The van der Waals surface area contributed by atoms with Gasteiger partial charge in [-0.2, -0.15) is 0 Å². The Morgan fingerprint density at radius 1 is 1.23 bits per heavy atom. The van der Waals surface area contributed by atoms with E-state index in [1.54, 1.807) is 43.0 Å². The maximum Gasteiger partial charge on any atom is 0.248 e. The molecule has 26 heavy (non-hydrogen) atoms. The summed E-state index contributed by atoms with van der Waals surface area (Å²) in [5, 5.41) is 3.22. The number of halogens is 1. The standard InChI is InChI=1S/C18H21ClN2O3S2/c1-4-17(18(22)20-14-8-6-10-16(12-14)25-2)21(26(3,23)24)15-9-5-7-13(19)11-15/h5-12,17H,4H2,1-3H3,(H,20,22)/t17-/m1/s1. The number of amides is 1. The Labute approximate surface area is 163 Å². The van der Waals surface area contributed by atoms with Crippen LogP contribution in [0.1, 0.15) is 13.3 Å². The van der Waals surface area contributed by atoms with Gasteiger partial charge < -0.3 is 5.32 Å². The van der Waals surface area contributed by atoms with Gasteiger partial charge in [-0.05, 0) is 49.1 Å². The molecular weight excluding hydrogens is 392 g/mol. The van der Waals surface area contributed by atoms with Crippen molar-refractivity contribution >= 4 is 50.7 Å². The van der Waals surface area contributed by atoms with E-state index in [0.717, 1.165) is 15.5 Å². The van der Waals surface area contributed by atoms with Crippen LogP contribution < -0.4 is 9.62 Å². The van der Waals surface area contributed by atoms with Crippen LogP contribution in [0.5, 0.6) is 0 Å². The average molecular weight is 413 g/mol. The summed E-state index contributed by atoms with van der Waals surface area (Å²) in [4.78, 5) is 13.8. The van der Waals surface area contributed by atoms with Gasteiger partial charge >= 0.3 is 0 Å². The summed E-state index contributed by atoms with van der Waals surface area (Å²) in [6.45, 7) is 1.77. The van der Waals surface area contributed by atoms with Gasteiger partial charge in [-0.15, -0.1) is 11.8 Å². The molecule has 0 spiro atoms. The Morgan fingerprint density at radius 2 is 1.92 bits per heavy atom. The van der Waals surface area contributed by atoms with E-state index in [2.05, 4.69) is 5.32 Å². The minimum absolute atomic E-state index is 0.313. The highest BCUT2D eigenvalue weighted by molar-refractivity contribution is 7.98. The second-order valence-corrected chi connectivity index (χ2v) is 8.86. The van der Waals surface area contributed by atoms with Crippen molar-refractivity contribution in [2.24, 2.45) is 0 Å². The molecule has 1 amide bonds. The third-order valence-corrected chi connectivity index (χ3v) is 5.87. The lowest BCUT2D eigenvalue weighted by molar-refractivity contribution is -0.117. The van der Waals surface area contributed by atoms with Crippen molar-refractivity contribution in [3.05, 3.63) is 53.6 Å². The first-order valence-electron chi connectivity index (χ1n) is 7.96. The Hall–Kier alpha value is -1.70. The number of thioether (sulfide) groups is 1. The predicted octanol–water partition coefficient (Wildman–Crippen LogP) is 4.25. The molecule has 0 aromatic heterocycles. The normalized spacial score (nSPS) is 12.5. The molecule has 2 aromatic carbocycles. The summed E-state index contributed by atoms with van der Waals surface area (Å²) in [5.41, 5.74) is 0.986. The molecule has 8 heteroatoms. The van der Waals surface area contributed by atoms with E-state index in [1.165, 1.54) is 6.07 Å². The van der Waals surface area contributed by atoms with Crippen LogP contribution >= 0.6 is 23.4 Å². The largest absolute Gasteiger partial charge is 0.324 e. The molecule has 2 aromatic rings. The first kappa shape index (κ1) is 20.6. The van der Waals surface area contributed by atoms with Gasteiger partial charge in [-0.3, -0.25) is 9.10 Å². The van der Waals surface area contributed by atoms with Crippen molar-refractivity contribution in [3.63, 3.8) is 0 Å². The molecule has 0 aliphatic carbocycles. The number of carbonyl (C=O) groups is 1. The van der Waals surface area contributed by atoms with Crippen LogP contribution in [-0.2, 0) is 14.8 Å². The molecule has 5 nitrogen and oxygen atoms in total. The monoisotopic (exact) mass is 412 g/mol. The van der Waals surface area contributed by atoms with E-state index < -0.39 is 22.0 Å².